The number of quaternary nitrogens is 1. The molecule has 1 saturated carbocycles. The summed E-state index contributed by atoms with van der Waals surface area (Å²) in [6.07, 6.45) is 5.20. The summed E-state index contributed by atoms with van der Waals surface area (Å²) in [6, 6.07) is 9.66. The number of rotatable bonds is 6. The number of furan rings is 1. The van der Waals surface area contributed by atoms with Crippen LogP contribution in [0.1, 0.15) is 42.7 Å². The zero-order valence-corrected chi connectivity index (χ0v) is 15.4. The first-order chi connectivity index (χ1) is 13.1. The van der Waals surface area contributed by atoms with Crippen molar-refractivity contribution in [3.8, 4) is 11.3 Å². The average Bonchev–Trinajstić information content (AvgIpc) is 3.22. The van der Waals surface area contributed by atoms with Gasteiger partial charge in [0.1, 0.15) is 17.5 Å². The van der Waals surface area contributed by atoms with Crippen LogP contribution in [0.15, 0.2) is 40.8 Å². The molecule has 4 N–H and O–H groups in total. The maximum Gasteiger partial charge on any atom is 0.287 e. The molecule has 1 heterocycles. The summed E-state index contributed by atoms with van der Waals surface area (Å²) in [4.78, 5) is 24.9. The van der Waals surface area contributed by atoms with Crippen LogP contribution in [0.4, 0.5) is 5.69 Å². The first-order valence-electron chi connectivity index (χ1n) is 9.30. The molecule has 27 heavy (non-hydrogen) atoms. The van der Waals surface area contributed by atoms with E-state index in [4.69, 9.17) is 4.42 Å². The lowest BCUT2D eigenvalue weighted by molar-refractivity contribution is -0.497. The number of nitrogens with one attached hydrogen (secondary N) is 2. The zero-order chi connectivity index (χ0) is 19.2. The Morgan fingerprint density at radius 3 is 2.44 bits per heavy atom. The normalized spacial score (nSPS) is 15.9. The van der Waals surface area contributed by atoms with Crippen LogP contribution in [-0.2, 0) is 4.79 Å². The lowest BCUT2D eigenvalue weighted by Gasteiger charge is -2.29. The smallest absolute Gasteiger partial charge is 0.287 e. The molecule has 0 saturated heterocycles. The van der Waals surface area contributed by atoms with E-state index in [2.05, 4.69) is 10.6 Å². The summed E-state index contributed by atoms with van der Waals surface area (Å²) in [7, 11) is 1.58. The Bertz CT molecular complexity index is 779. The van der Waals surface area contributed by atoms with Crippen LogP contribution in [-0.4, -0.2) is 24.9 Å². The molecule has 1 atom stereocenters. The molecule has 144 valence electrons. The molecule has 0 radical (unpaired) electrons. The minimum absolute atomic E-state index is 0.146. The lowest BCUT2D eigenvalue weighted by Crippen LogP contribution is -2.70. The van der Waals surface area contributed by atoms with Gasteiger partial charge < -0.3 is 25.7 Å². The molecule has 2 amide bonds. The Morgan fingerprint density at radius 1 is 1.11 bits per heavy atom. The van der Waals surface area contributed by atoms with E-state index >= 15 is 0 Å². The fraction of sp³-hybridized carbons (Fsp3) is 0.400. The minimum atomic E-state index is -0.553. The van der Waals surface area contributed by atoms with Gasteiger partial charge in [-0.1, -0.05) is 19.3 Å². The minimum Gasteiger partial charge on any atom is -0.630 e. The number of hydrogen-bond acceptors (Lipinski definition) is 4. The molecule has 1 aromatic heterocycles. The predicted molar refractivity (Wildman–Crippen MR) is 101 cm³/mol. The van der Waals surface area contributed by atoms with Crippen molar-refractivity contribution in [1.29, 1.82) is 0 Å². The van der Waals surface area contributed by atoms with E-state index in [-0.39, 0.29) is 17.6 Å². The van der Waals surface area contributed by atoms with E-state index in [1.807, 2.05) is 0 Å². The third-order valence-electron chi connectivity index (χ3n) is 5.10. The molecule has 7 nitrogen and oxygen atoms in total. The third-order valence-corrected chi connectivity index (χ3v) is 5.10. The van der Waals surface area contributed by atoms with Crippen LogP contribution in [0.2, 0.25) is 0 Å². The van der Waals surface area contributed by atoms with Crippen molar-refractivity contribution in [3.05, 3.63) is 47.4 Å². The summed E-state index contributed by atoms with van der Waals surface area (Å²) < 4.78 is 5.67. The Hall–Kier alpha value is -2.64. The molecular formula is C20H25N3O4. The van der Waals surface area contributed by atoms with E-state index < -0.39 is 11.9 Å². The summed E-state index contributed by atoms with van der Waals surface area (Å²) in [6.45, 7) is 0. The highest BCUT2D eigenvalue weighted by atomic mass is 16.5. The third kappa shape index (κ3) is 4.56. The van der Waals surface area contributed by atoms with Gasteiger partial charge in [0.25, 0.3) is 5.91 Å². The van der Waals surface area contributed by atoms with Crippen LogP contribution in [0.3, 0.4) is 0 Å². The molecule has 7 heteroatoms. The van der Waals surface area contributed by atoms with Gasteiger partial charge in [0.15, 0.2) is 5.76 Å². The fourth-order valence-electron chi connectivity index (χ4n) is 3.57. The van der Waals surface area contributed by atoms with Crippen molar-refractivity contribution in [2.24, 2.45) is 5.92 Å². The maximum atomic E-state index is 12.6. The van der Waals surface area contributed by atoms with E-state index in [1.165, 1.54) is 6.42 Å². The SMILES string of the molecule is CNC(=O)[C@@H](NC(=O)c1ccc(-c2ccc([NH2+][O-])cc2)o1)C1CCCCC1. The Morgan fingerprint density at radius 2 is 1.81 bits per heavy atom. The Kier molecular flexibility index (Phi) is 6.26. The van der Waals surface area contributed by atoms with E-state index in [0.29, 0.717) is 11.4 Å². The van der Waals surface area contributed by atoms with Crippen LogP contribution in [0.25, 0.3) is 11.3 Å². The second kappa shape index (κ2) is 8.83. The van der Waals surface area contributed by atoms with Crippen LogP contribution in [0.5, 0.6) is 0 Å². The van der Waals surface area contributed by atoms with Gasteiger partial charge in [-0.15, -0.1) is 0 Å². The lowest BCUT2D eigenvalue weighted by atomic mass is 9.83. The number of carbonyl (C=O) groups is 2. The Labute approximate surface area is 158 Å². The first kappa shape index (κ1) is 19.1. The summed E-state index contributed by atoms with van der Waals surface area (Å²) in [5.74, 6) is 0.269. The van der Waals surface area contributed by atoms with Gasteiger partial charge in [0.2, 0.25) is 5.91 Å². The molecule has 0 unspecified atom stereocenters. The fourth-order valence-corrected chi connectivity index (χ4v) is 3.57. The second-order valence-corrected chi connectivity index (χ2v) is 6.87. The van der Waals surface area contributed by atoms with Gasteiger partial charge in [0.05, 0.1) is 0 Å². The highest BCUT2D eigenvalue weighted by Crippen LogP contribution is 2.27. The van der Waals surface area contributed by atoms with Gasteiger partial charge in [-0.2, -0.15) is 0 Å². The number of carbonyl (C=O) groups excluding carboxylic acids is 2. The highest BCUT2D eigenvalue weighted by Gasteiger charge is 2.31. The molecule has 3 rings (SSSR count). The molecule has 1 aliphatic carbocycles. The van der Waals surface area contributed by atoms with Crippen molar-refractivity contribution in [1.82, 2.24) is 10.6 Å². The van der Waals surface area contributed by atoms with Crippen molar-refractivity contribution in [2.45, 2.75) is 38.1 Å². The van der Waals surface area contributed by atoms with Crippen molar-refractivity contribution >= 4 is 17.5 Å². The van der Waals surface area contributed by atoms with E-state index in [9.17, 15) is 14.8 Å². The summed E-state index contributed by atoms with van der Waals surface area (Å²) in [5.41, 5.74) is 2.12. The molecule has 1 fully saturated rings. The van der Waals surface area contributed by atoms with Gasteiger partial charge >= 0.3 is 0 Å². The standard InChI is InChI=1S/C20H25N3O4/c1-21-20(25)18(14-5-3-2-4-6-14)22-19(24)17-12-11-16(27-17)13-7-9-15(23-26)10-8-13/h7-12,14,18H,2-6,23H2,1H3,(H,21,25)(H,22,24)/t18-/m0/s1. The number of amides is 2. The van der Waals surface area contributed by atoms with Gasteiger partial charge in [-0.3, -0.25) is 9.59 Å². The van der Waals surface area contributed by atoms with Crippen LogP contribution in [0, 0.1) is 11.1 Å². The largest absolute Gasteiger partial charge is 0.630 e. The van der Waals surface area contributed by atoms with Crippen molar-refractivity contribution in [3.63, 3.8) is 0 Å². The first-order valence-corrected chi connectivity index (χ1v) is 9.30. The molecule has 2 aromatic rings. The summed E-state index contributed by atoms with van der Waals surface area (Å²) in [5, 5.41) is 16.2. The average molecular weight is 371 g/mol. The maximum absolute atomic E-state index is 12.6. The number of hydrogen-bond donors (Lipinski definition) is 3. The van der Waals surface area contributed by atoms with Crippen LogP contribution < -0.4 is 16.1 Å². The highest BCUT2D eigenvalue weighted by molar-refractivity contribution is 5.96. The predicted octanol–water partition coefficient (Wildman–Crippen LogP) is 2.06. The van der Waals surface area contributed by atoms with Gasteiger partial charge in [0, 0.05) is 12.6 Å². The number of likely N-dealkylation sites (N-methyl/N-ethyl adjacent to an activating group) is 1. The molecule has 0 spiro atoms. The monoisotopic (exact) mass is 371 g/mol. The second-order valence-electron chi connectivity index (χ2n) is 6.87. The summed E-state index contributed by atoms with van der Waals surface area (Å²) >= 11 is 0. The molecule has 1 aliphatic rings. The molecule has 0 bridgehead atoms. The molecule has 1 aromatic carbocycles. The van der Waals surface area contributed by atoms with Crippen LogP contribution >= 0.6 is 0 Å². The molecular weight excluding hydrogens is 346 g/mol. The van der Waals surface area contributed by atoms with E-state index in [1.54, 1.807) is 43.4 Å². The topological polar surface area (TPSA) is 111 Å². The quantitative estimate of drug-likeness (QED) is 0.533. The molecule has 0 aliphatic heterocycles. The number of benzene rings is 1. The van der Waals surface area contributed by atoms with Crippen molar-refractivity contribution < 1.29 is 19.5 Å². The van der Waals surface area contributed by atoms with Crippen molar-refractivity contribution in [2.75, 3.05) is 7.05 Å². The number of nitrogens with two attached hydrogens (primary N) is 1. The van der Waals surface area contributed by atoms with Gasteiger partial charge in [-0.05, 0) is 55.2 Å². The van der Waals surface area contributed by atoms with E-state index in [0.717, 1.165) is 36.7 Å². The zero-order valence-electron chi connectivity index (χ0n) is 15.4. The van der Waals surface area contributed by atoms with Gasteiger partial charge in [-0.25, -0.2) is 0 Å². The Balaban J connectivity index is 1.72.